The van der Waals surface area contributed by atoms with Gasteiger partial charge in [0.2, 0.25) is 0 Å². The van der Waals surface area contributed by atoms with Crippen LogP contribution in [0.1, 0.15) is 93.1 Å². The summed E-state index contributed by atoms with van der Waals surface area (Å²) in [6.07, 6.45) is 9.39. The van der Waals surface area contributed by atoms with E-state index in [-0.39, 0.29) is 0 Å². The molecule has 0 fully saturated rings. The monoisotopic (exact) mass is 406 g/mol. The van der Waals surface area contributed by atoms with Gasteiger partial charge in [0.05, 0.1) is 11.4 Å². The van der Waals surface area contributed by atoms with Gasteiger partial charge in [-0.05, 0) is 61.3 Å². The molecule has 4 nitrogen and oxygen atoms in total. The molecule has 0 saturated carbocycles. The first-order valence-corrected chi connectivity index (χ1v) is 10.7. The van der Waals surface area contributed by atoms with Crippen LogP contribution in [0, 0.1) is 20.8 Å². The van der Waals surface area contributed by atoms with Gasteiger partial charge in [0, 0.05) is 36.7 Å². The van der Waals surface area contributed by atoms with Crippen LogP contribution in [0.15, 0.2) is 49.2 Å². The maximum Gasteiger partial charge on any atom is 0.0612 e. The molecule has 0 N–H and O–H groups in total. The fraction of sp³-hybridized carbons (Fsp3) is 0.462. The van der Waals surface area contributed by atoms with Crippen LogP contribution in [0.3, 0.4) is 0 Å². The Hall–Kier alpha value is -2.62. The Balaban J connectivity index is 0.000000225. The Morgan fingerprint density at radius 1 is 0.567 bits per heavy atom. The molecule has 0 spiro atoms. The van der Waals surface area contributed by atoms with Crippen molar-refractivity contribution in [3.05, 3.63) is 83.0 Å². The Morgan fingerprint density at radius 2 is 1.20 bits per heavy atom. The summed E-state index contributed by atoms with van der Waals surface area (Å²) < 4.78 is 0. The van der Waals surface area contributed by atoms with E-state index in [2.05, 4.69) is 86.6 Å². The molecular weight excluding hydrogens is 368 g/mol. The highest BCUT2D eigenvalue weighted by atomic mass is 14.8. The van der Waals surface area contributed by atoms with Gasteiger partial charge in [0.15, 0.2) is 0 Å². The van der Waals surface area contributed by atoms with Crippen molar-refractivity contribution in [2.75, 3.05) is 0 Å². The summed E-state index contributed by atoms with van der Waals surface area (Å²) in [4.78, 5) is 16.7. The summed E-state index contributed by atoms with van der Waals surface area (Å²) in [5.41, 5.74) is 7.00. The highest BCUT2D eigenvalue weighted by Crippen LogP contribution is 2.13. The molecule has 0 radical (unpaired) electrons. The van der Waals surface area contributed by atoms with Crippen LogP contribution in [-0.2, 0) is 0 Å². The zero-order chi connectivity index (χ0) is 22.7. The second-order valence-electron chi connectivity index (χ2n) is 8.58. The predicted octanol–water partition coefficient (Wildman–Crippen LogP) is 6.94. The van der Waals surface area contributed by atoms with Crippen molar-refractivity contribution in [3.63, 3.8) is 0 Å². The maximum atomic E-state index is 4.22. The minimum absolute atomic E-state index is 0.480. The number of hydrogen-bond donors (Lipinski definition) is 0. The van der Waals surface area contributed by atoms with Crippen LogP contribution < -0.4 is 0 Å². The zero-order valence-corrected chi connectivity index (χ0v) is 20.1. The SMILES string of the molecule is Cc1ccc(C(C)C)cn1.Cc1cnc(C(C)C)cn1.Cc1cncc(C(C)C)c1. The molecule has 0 aliphatic rings. The second kappa shape index (κ2) is 12.8. The largest absolute Gasteiger partial charge is 0.264 e. The van der Waals surface area contributed by atoms with Crippen molar-refractivity contribution in [2.24, 2.45) is 0 Å². The number of hydrogen-bond acceptors (Lipinski definition) is 4. The van der Waals surface area contributed by atoms with Crippen molar-refractivity contribution >= 4 is 0 Å². The van der Waals surface area contributed by atoms with E-state index < -0.39 is 0 Å². The molecule has 30 heavy (non-hydrogen) atoms. The van der Waals surface area contributed by atoms with Gasteiger partial charge in [0.1, 0.15) is 0 Å². The highest BCUT2D eigenvalue weighted by Gasteiger charge is 1.99. The normalized spacial score (nSPS) is 10.4. The predicted molar refractivity (Wildman–Crippen MR) is 127 cm³/mol. The summed E-state index contributed by atoms with van der Waals surface area (Å²) >= 11 is 0. The van der Waals surface area contributed by atoms with Crippen molar-refractivity contribution in [2.45, 2.75) is 80.1 Å². The first-order valence-electron chi connectivity index (χ1n) is 10.7. The summed E-state index contributed by atoms with van der Waals surface area (Å²) in [6, 6.07) is 6.36. The van der Waals surface area contributed by atoms with Crippen molar-refractivity contribution in [1.82, 2.24) is 19.9 Å². The van der Waals surface area contributed by atoms with Crippen LogP contribution >= 0.6 is 0 Å². The van der Waals surface area contributed by atoms with Crippen LogP contribution in [0.25, 0.3) is 0 Å². The Kier molecular flexibility index (Phi) is 10.9. The van der Waals surface area contributed by atoms with Crippen LogP contribution in [0.2, 0.25) is 0 Å². The van der Waals surface area contributed by atoms with E-state index in [9.17, 15) is 0 Å². The lowest BCUT2D eigenvalue weighted by Crippen LogP contribution is -1.93. The van der Waals surface area contributed by atoms with Crippen molar-refractivity contribution < 1.29 is 0 Å². The molecular formula is C26H38N4. The third-order valence-electron chi connectivity index (χ3n) is 4.56. The molecule has 162 valence electrons. The number of aromatic nitrogens is 4. The third kappa shape index (κ3) is 9.73. The molecule has 3 aromatic rings. The van der Waals surface area contributed by atoms with E-state index >= 15 is 0 Å². The van der Waals surface area contributed by atoms with Crippen LogP contribution in [0.5, 0.6) is 0 Å². The van der Waals surface area contributed by atoms with Gasteiger partial charge in [0.25, 0.3) is 0 Å². The topological polar surface area (TPSA) is 51.6 Å². The van der Waals surface area contributed by atoms with E-state index in [1.54, 1.807) is 6.20 Å². The Labute approximate surface area is 183 Å². The average molecular weight is 407 g/mol. The average Bonchev–Trinajstić information content (AvgIpc) is 2.69. The van der Waals surface area contributed by atoms with Gasteiger partial charge in [-0.1, -0.05) is 53.7 Å². The molecule has 3 rings (SSSR count). The minimum Gasteiger partial charge on any atom is -0.264 e. The standard InChI is InChI=1S/2C9H13N.C8H12N2/c1-7(2)9-4-8(3)5-10-6-9;1-7(2)9-5-4-8(3)10-6-9;1-6(2)8-5-9-7(3)4-10-8/h2*4-7H,1-3H3;4-6H,1-3H3. The second-order valence-corrected chi connectivity index (χ2v) is 8.58. The Bertz CT molecular complexity index is 801. The van der Waals surface area contributed by atoms with Gasteiger partial charge in [-0.3, -0.25) is 19.9 Å². The molecule has 0 bridgehead atoms. The minimum atomic E-state index is 0.480. The lowest BCUT2D eigenvalue weighted by Gasteiger charge is -2.03. The van der Waals surface area contributed by atoms with E-state index in [0.29, 0.717) is 17.8 Å². The molecule has 3 heterocycles. The van der Waals surface area contributed by atoms with E-state index in [1.807, 2.05) is 38.6 Å². The molecule has 0 saturated heterocycles. The van der Waals surface area contributed by atoms with Gasteiger partial charge < -0.3 is 0 Å². The van der Waals surface area contributed by atoms with Gasteiger partial charge in [-0.25, -0.2) is 0 Å². The van der Waals surface area contributed by atoms with Crippen molar-refractivity contribution in [3.8, 4) is 0 Å². The third-order valence-corrected chi connectivity index (χ3v) is 4.56. The first-order chi connectivity index (χ1) is 14.1. The maximum absolute atomic E-state index is 4.22. The van der Waals surface area contributed by atoms with Crippen LogP contribution in [0.4, 0.5) is 0 Å². The smallest absolute Gasteiger partial charge is 0.0612 e. The summed E-state index contributed by atoms with van der Waals surface area (Å²) in [6.45, 7) is 18.9. The lowest BCUT2D eigenvalue weighted by molar-refractivity contribution is 0.807. The molecule has 0 aliphatic carbocycles. The van der Waals surface area contributed by atoms with Crippen LogP contribution in [-0.4, -0.2) is 19.9 Å². The summed E-state index contributed by atoms with van der Waals surface area (Å²) in [5.74, 6) is 1.66. The van der Waals surface area contributed by atoms with E-state index in [1.165, 1.54) is 16.7 Å². The Morgan fingerprint density at radius 3 is 1.60 bits per heavy atom. The van der Waals surface area contributed by atoms with Gasteiger partial charge >= 0.3 is 0 Å². The number of rotatable bonds is 3. The highest BCUT2D eigenvalue weighted by molar-refractivity contribution is 5.19. The first kappa shape index (κ1) is 25.4. The summed E-state index contributed by atoms with van der Waals surface area (Å²) in [7, 11) is 0. The quantitative estimate of drug-likeness (QED) is 0.473. The van der Waals surface area contributed by atoms with E-state index in [0.717, 1.165) is 17.1 Å². The van der Waals surface area contributed by atoms with Crippen molar-refractivity contribution in [1.29, 1.82) is 0 Å². The molecule has 3 aromatic heterocycles. The molecule has 0 amide bonds. The summed E-state index contributed by atoms with van der Waals surface area (Å²) in [5, 5.41) is 0. The van der Waals surface area contributed by atoms with Gasteiger partial charge in [-0.15, -0.1) is 0 Å². The fourth-order valence-electron chi connectivity index (χ4n) is 2.42. The fourth-order valence-corrected chi connectivity index (χ4v) is 2.42. The number of pyridine rings is 2. The molecule has 4 heteroatoms. The van der Waals surface area contributed by atoms with E-state index in [4.69, 9.17) is 0 Å². The van der Waals surface area contributed by atoms with Gasteiger partial charge in [-0.2, -0.15) is 0 Å². The molecule has 0 aromatic carbocycles. The molecule has 0 atom stereocenters. The number of nitrogens with zero attached hydrogens (tertiary/aromatic N) is 4. The molecule has 0 aliphatic heterocycles. The number of aryl methyl sites for hydroxylation is 3. The molecule has 0 unspecified atom stereocenters. The zero-order valence-electron chi connectivity index (χ0n) is 20.1. The lowest BCUT2D eigenvalue weighted by atomic mass is 10.0.